The number of benzene rings is 2. The van der Waals surface area contributed by atoms with Gasteiger partial charge in [-0.05, 0) is 31.2 Å². The van der Waals surface area contributed by atoms with Crippen molar-refractivity contribution in [3.63, 3.8) is 0 Å². The van der Waals surface area contributed by atoms with Crippen LogP contribution in [0.25, 0.3) is 10.8 Å². The predicted molar refractivity (Wildman–Crippen MR) is 79.9 cm³/mol. The van der Waals surface area contributed by atoms with Crippen LogP contribution in [-0.4, -0.2) is 19.2 Å². The summed E-state index contributed by atoms with van der Waals surface area (Å²) in [6, 6.07) is 14.2. The fourth-order valence-electron chi connectivity index (χ4n) is 2.11. The monoisotopic (exact) mass is 272 g/mol. The molecule has 0 spiro atoms. The van der Waals surface area contributed by atoms with Crippen LogP contribution in [0.2, 0.25) is 0 Å². The number of unbranched alkanes of at least 4 members (excludes halogenated alkanes) is 1. The lowest BCUT2D eigenvalue weighted by Gasteiger charge is -2.09. The lowest BCUT2D eigenvalue weighted by molar-refractivity contribution is -0.143. The van der Waals surface area contributed by atoms with Crippen molar-refractivity contribution in [3.8, 4) is 5.75 Å². The van der Waals surface area contributed by atoms with Gasteiger partial charge in [0.05, 0.1) is 13.2 Å². The first kappa shape index (κ1) is 14.4. The summed E-state index contributed by atoms with van der Waals surface area (Å²) in [5, 5.41) is 2.30. The predicted octanol–water partition coefficient (Wildman–Crippen LogP) is 3.95. The molecule has 0 N–H and O–H groups in total. The SMILES string of the molecule is CCOC(=O)CCCCOc1cccc2ccccc12. The van der Waals surface area contributed by atoms with Crippen molar-refractivity contribution in [1.82, 2.24) is 0 Å². The van der Waals surface area contributed by atoms with Crippen molar-refractivity contribution in [2.75, 3.05) is 13.2 Å². The average Bonchev–Trinajstić information content (AvgIpc) is 2.47. The lowest BCUT2D eigenvalue weighted by Crippen LogP contribution is -2.05. The van der Waals surface area contributed by atoms with Gasteiger partial charge in [0, 0.05) is 11.8 Å². The van der Waals surface area contributed by atoms with Crippen LogP contribution in [0.5, 0.6) is 5.75 Å². The number of esters is 1. The Morgan fingerprint density at radius 3 is 2.70 bits per heavy atom. The Kier molecular flexibility index (Phi) is 5.42. The van der Waals surface area contributed by atoms with E-state index in [2.05, 4.69) is 18.2 Å². The number of hydrogen-bond acceptors (Lipinski definition) is 3. The molecule has 0 aliphatic rings. The smallest absolute Gasteiger partial charge is 0.305 e. The molecule has 3 heteroatoms. The van der Waals surface area contributed by atoms with Crippen molar-refractivity contribution >= 4 is 16.7 Å². The summed E-state index contributed by atoms with van der Waals surface area (Å²) in [6.45, 7) is 2.89. The van der Waals surface area contributed by atoms with Gasteiger partial charge in [-0.3, -0.25) is 4.79 Å². The third-order valence-electron chi connectivity index (χ3n) is 3.09. The summed E-state index contributed by atoms with van der Waals surface area (Å²) in [6.07, 6.45) is 2.11. The number of rotatable bonds is 7. The molecule has 0 amide bonds. The summed E-state index contributed by atoms with van der Waals surface area (Å²) in [5.74, 6) is 0.775. The standard InChI is InChI=1S/C17H20O3/c1-2-19-17(18)12-5-6-13-20-16-11-7-9-14-8-3-4-10-15(14)16/h3-4,7-11H,2,5-6,12-13H2,1H3. The molecule has 0 radical (unpaired) electrons. The lowest BCUT2D eigenvalue weighted by atomic mass is 10.1. The van der Waals surface area contributed by atoms with Crippen LogP contribution in [0.3, 0.4) is 0 Å². The topological polar surface area (TPSA) is 35.5 Å². The Bertz CT molecular complexity index is 558. The molecule has 0 bridgehead atoms. The largest absolute Gasteiger partial charge is 0.493 e. The number of carbonyl (C=O) groups is 1. The molecule has 106 valence electrons. The van der Waals surface area contributed by atoms with Crippen LogP contribution in [0.1, 0.15) is 26.2 Å². The fraction of sp³-hybridized carbons (Fsp3) is 0.353. The van der Waals surface area contributed by atoms with E-state index in [9.17, 15) is 4.79 Å². The van der Waals surface area contributed by atoms with E-state index in [-0.39, 0.29) is 5.97 Å². The zero-order valence-electron chi connectivity index (χ0n) is 11.8. The van der Waals surface area contributed by atoms with Crippen molar-refractivity contribution < 1.29 is 14.3 Å². The highest BCUT2D eigenvalue weighted by Crippen LogP contribution is 2.25. The normalized spacial score (nSPS) is 10.4. The second-order valence-electron chi connectivity index (χ2n) is 4.59. The maximum absolute atomic E-state index is 11.2. The van der Waals surface area contributed by atoms with Crippen molar-refractivity contribution in [3.05, 3.63) is 42.5 Å². The molecule has 0 atom stereocenters. The van der Waals surface area contributed by atoms with Crippen molar-refractivity contribution in [2.24, 2.45) is 0 Å². The number of carbonyl (C=O) groups excluding carboxylic acids is 1. The molecule has 0 saturated heterocycles. The Balaban J connectivity index is 1.80. The van der Waals surface area contributed by atoms with Crippen LogP contribution in [0.4, 0.5) is 0 Å². The molecule has 0 saturated carbocycles. The second kappa shape index (κ2) is 7.53. The average molecular weight is 272 g/mol. The van der Waals surface area contributed by atoms with Crippen LogP contribution < -0.4 is 4.74 Å². The van der Waals surface area contributed by atoms with Gasteiger partial charge in [-0.15, -0.1) is 0 Å². The van der Waals surface area contributed by atoms with Gasteiger partial charge in [-0.25, -0.2) is 0 Å². The van der Waals surface area contributed by atoms with E-state index in [0.29, 0.717) is 19.6 Å². The van der Waals surface area contributed by atoms with E-state index >= 15 is 0 Å². The quantitative estimate of drug-likeness (QED) is 0.565. The number of hydrogen-bond donors (Lipinski definition) is 0. The molecular weight excluding hydrogens is 252 g/mol. The molecule has 2 aromatic rings. The summed E-state index contributed by atoms with van der Waals surface area (Å²) in [4.78, 5) is 11.2. The summed E-state index contributed by atoms with van der Waals surface area (Å²) in [7, 11) is 0. The van der Waals surface area contributed by atoms with Gasteiger partial charge in [0.25, 0.3) is 0 Å². The molecule has 0 aliphatic carbocycles. The molecule has 0 unspecified atom stereocenters. The molecule has 20 heavy (non-hydrogen) atoms. The van der Waals surface area contributed by atoms with Gasteiger partial charge in [0.15, 0.2) is 0 Å². The fourth-order valence-corrected chi connectivity index (χ4v) is 2.11. The maximum Gasteiger partial charge on any atom is 0.305 e. The Morgan fingerprint density at radius 2 is 1.85 bits per heavy atom. The zero-order chi connectivity index (χ0) is 14.2. The number of ether oxygens (including phenoxy) is 2. The summed E-state index contributed by atoms with van der Waals surface area (Å²) < 4.78 is 10.7. The first-order valence-electron chi connectivity index (χ1n) is 7.07. The van der Waals surface area contributed by atoms with Gasteiger partial charge in [0.2, 0.25) is 0 Å². The van der Waals surface area contributed by atoms with Gasteiger partial charge >= 0.3 is 5.97 Å². The van der Waals surface area contributed by atoms with Crippen LogP contribution in [0.15, 0.2) is 42.5 Å². The minimum absolute atomic E-state index is 0.127. The summed E-state index contributed by atoms with van der Waals surface area (Å²) in [5.41, 5.74) is 0. The molecule has 0 aliphatic heterocycles. The second-order valence-corrected chi connectivity index (χ2v) is 4.59. The van der Waals surface area contributed by atoms with Gasteiger partial charge in [0.1, 0.15) is 5.75 Å². The van der Waals surface area contributed by atoms with E-state index in [1.165, 1.54) is 5.39 Å². The van der Waals surface area contributed by atoms with Crippen molar-refractivity contribution in [1.29, 1.82) is 0 Å². The van der Waals surface area contributed by atoms with E-state index < -0.39 is 0 Å². The maximum atomic E-state index is 11.2. The molecule has 0 fully saturated rings. The molecule has 2 aromatic carbocycles. The molecule has 3 nitrogen and oxygen atoms in total. The van der Waals surface area contributed by atoms with Crippen LogP contribution in [0, 0.1) is 0 Å². The Hall–Kier alpha value is -2.03. The molecule has 2 rings (SSSR count). The minimum atomic E-state index is -0.127. The summed E-state index contributed by atoms with van der Waals surface area (Å²) >= 11 is 0. The minimum Gasteiger partial charge on any atom is -0.493 e. The van der Waals surface area contributed by atoms with E-state index in [0.717, 1.165) is 24.0 Å². The van der Waals surface area contributed by atoms with Gasteiger partial charge in [-0.2, -0.15) is 0 Å². The van der Waals surface area contributed by atoms with E-state index in [1.807, 2.05) is 31.2 Å². The van der Waals surface area contributed by atoms with Gasteiger partial charge in [-0.1, -0.05) is 36.4 Å². The zero-order valence-corrected chi connectivity index (χ0v) is 11.8. The Morgan fingerprint density at radius 1 is 1.05 bits per heavy atom. The highest BCUT2D eigenvalue weighted by molar-refractivity contribution is 5.88. The van der Waals surface area contributed by atoms with Gasteiger partial charge < -0.3 is 9.47 Å². The Labute approximate surface area is 119 Å². The van der Waals surface area contributed by atoms with E-state index in [1.54, 1.807) is 0 Å². The van der Waals surface area contributed by atoms with E-state index in [4.69, 9.17) is 9.47 Å². The molecular formula is C17H20O3. The molecule has 0 aromatic heterocycles. The first-order chi connectivity index (χ1) is 9.81. The van der Waals surface area contributed by atoms with Crippen molar-refractivity contribution in [2.45, 2.75) is 26.2 Å². The highest BCUT2D eigenvalue weighted by atomic mass is 16.5. The molecule has 0 heterocycles. The third kappa shape index (κ3) is 3.98. The third-order valence-corrected chi connectivity index (χ3v) is 3.09. The van der Waals surface area contributed by atoms with Crippen LogP contribution in [-0.2, 0) is 9.53 Å². The highest BCUT2D eigenvalue weighted by Gasteiger charge is 2.03. The van der Waals surface area contributed by atoms with Crippen LogP contribution >= 0.6 is 0 Å². The number of fused-ring (bicyclic) bond motifs is 1. The first-order valence-corrected chi connectivity index (χ1v) is 7.07.